The first-order valence-corrected chi connectivity index (χ1v) is 7.18. The normalized spacial score (nSPS) is 19.7. The number of carboxylic acid groups (broad SMARTS) is 1. The molecule has 19 heavy (non-hydrogen) atoms. The number of ether oxygens (including phenoxy) is 2. The Morgan fingerprint density at radius 2 is 2.05 bits per heavy atom. The second-order valence-electron chi connectivity index (χ2n) is 5.12. The van der Waals surface area contributed by atoms with Crippen LogP contribution in [0.1, 0.15) is 30.4 Å². The fourth-order valence-electron chi connectivity index (χ4n) is 2.72. The summed E-state index contributed by atoms with van der Waals surface area (Å²) in [4.78, 5) is 11.5. The lowest BCUT2D eigenvalue weighted by atomic mass is 9.91. The van der Waals surface area contributed by atoms with Gasteiger partial charge in [-0.3, -0.25) is 4.79 Å². The lowest BCUT2D eigenvalue weighted by molar-refractivity contribution is -0.140. The molecule has 1 N–H and O–H groups in total. The van der Waals surface area contributed by atoms with E-state index in [4.69, 9.17) is 9.47 Å². The van der Waals surface area contributed by atoms with Gasteiger partial charge in [0.25, 0.3) is 0 Å². The highest BCUT2D eigenvalue weighted by atomic mass is 79.9. The Morgan fingerprint density at radius 3 is 2.68 bits per heavy atom. The van der Waals surface area contributed by atoms with E-state index in [0.29, 0.717) is 37.6 Å². The molecule has 0 aromatic heterocycles. The van der Waals surface area contributed by atoms with Gasteiger partial charge in [-0.05, 0) is 31.4 Å². The van der Waals surface area contributed by atoms with Crippen LogP contribution in [-0.2, 0) is 10.2 Å². The molecule has 0 amide bonds. The number of carbonyl (C=O) groups is 1. The molecular weight excluding hydrogens is 312 g/mol. The predicted octanol–water partition coefficient (Wildman–Crippen LogP) is 3.04. The number of benzene rings is 1. The van der Waals surface area contributed by atoms with Crippen LogP contribution in [0, 0.1) is 6.92 Å². The van der Waals surface area contributed by atoms with Crippen LogP contribution in [0.3, 0.4) is 0 Å². The van der Waals surface area contributed by atoms with Gasteiger partial charge in [0.1, 0.15) is 0 Å². The fourth-order valence-corrected chi connectivity index (χ4v) is 3.60. The van der Waals surface area contributed by atoms with E-state index in [2.05, 4.69) is 15.9 Å². The molecule has 5 heteroatoms. The van der Waals surface area contributed by atoms with Crippen molar-refractivity contribution in [1.82, 2.24) is 0 Å². The summed E-state index contributed by atoms with van der Waals surface area (Å²) in [5, 5.41) is 9.47. The van der Waals surface area contributed by atoms with E-state index in [1.165, 1.54) is 0 Å². The molecule has 0 spiro atoms. The van der Waals surface area contributed by atoms with Gasteiger partial charge in [-0.25, -0.2) is 0 Å². The summed E-state index contributed by atoms with van der Waals surface area (Å²) in [6.07, 6.45) is 2.20. The number of hydrogen-bond acceptors (Lipinski definition) is 3. The fraction of sp³-hybridized carbons (Fsp3) is 0.500. The number of hydrogen-bond donors (Lipinski definition) is 1. The van der Waals surface area contributed by atoms with E-state index in [0.717, 1.165) is 22.0 Å². The Kier molecular flexibility index (Phi) is 2.96. The number of fused-ring (bicyclic) bond motifs is 1. The third-order valence-electron chi connectivity index (χ3n) is 3.87. The van der Waals surface area contributed by atoms with Gasteiger partial charge in [-0.1, -0.05) is 15.9 Å². The highest BCUT2D eigenvalue weighted by molar-refractivity contribution is 9.10. The van der Waals surface area contributed by atoms with Gasteiger partial charge in [-0.2, -0.15) is 0 Å². The summed E-state index contributed by atoms with van der Waals surface area (Å²) < 4.78 is 12.2. The zero-order valence-electron chi connectivity index (χ0n) is 10.7. The van der Waals surface area contributed by atoms with Crippen molar-refractivity contribution >= 4 is 21.9 Å². The molecule has 0 saturated heterocycles. The largest absolute Gasteiger partial charge is 0.490 e. The molecule has 0 atom stereocenters. The van der Waals surface area contributed by atoms with Gasteiger partial charge < -0.3 is 14.6 Å². The molecule has 0 bridgehead atoms. The average molecular weight is 327 g/mol. The molecule has 0 radical (unpaired) electrons. The second kappa shape index (κ2) is 4.40. The Balaban J connectivity index is 2.16. The molecule has 4 nitrogen and oxygen atoms in total. The number of halogens is 1. The van der Waals surface area contributed by atoms with Gasteiger partial charge in [0.15, 0.2) is 11.5 Å². The van der Waals surface area contributed by atoms with E-state index in [1.807, 2.05) is 13.0 Å². The number of carboxylic acids is 1. The smallest absolute Gasteiger partial charge is 0.314 e. The van der Waals surface area contributed by atoms with E-state index >= 15 is 0 Å². The number of aliphatic carboxylic acids is 1. The molecule has 1 saturated carbocycles. The van der Waals surface area contributed by atoms with E-state index in [1.54, 1.807) is 0 Å². The summed E-state index contributed by atoms with van der Waals surface area (Å²) in [6.45, 7) is 3.15. The molecule has 1 aliphatic heterocycles. The van der Waals surface area contributed by atoms with Crippen molar-refractivity contribution in [1.29, 1.82) is 0 Å². The summed E-state index contributed by atoms with van der Waals surface area (Å²) in [7, 11) is 0. The monoisotopic (exact) mass is 326 g/mol. The molecule has 102 valence electrons. The van der Waals surface area contributed by atoms with Crippen molar-refractivity contribution in [3.63, 3.8) is 0 Å². The maximum Gasteiger partial charge on any atom is 0.314 e. The SMILES string of the molecule is Cc1c2c(cc(Br)c1C1(C(=O)O)CC1)OCCCO2. The van der Waals surface area contributed by atoms with Crippen LogP contribution in [0.5, 0.6) is 11.5 Å². The van der Waals surface area contributed by atoms with Gasteiger partial charge in [0, 0.05) is 16.5 Å². The summed E-state index contributed by atoms with van der Waals surface area (Å²) >= 11 is 3.50. The molecule has 0 unspecified atom stereocenters. The van der Waals surface area contributed by atoms with Crippen LogP contribution in [0.2, 0.25) is 0 Å². The van der Waals surface area contributed by atoms with Crippen molar-refractivity contribution in [3.05, 3.63) is 21.7 Å². The molecule has 1 fully saturated rings. The Labute approximate surface area is 119 Å². The van der Waals surface area contributed by atoms with E-state index in [9.17, 15) is 9.90 Å². The standard InChI is InChI=1S/C14H15BrO4/c1-8-11(14(3-4-14)13(16)17)9(15)7-10-12(8)19-6-2-5-18-10/h7H,2-6H2,1H3,(H,16,17). The molecular formula is C14H15BrO4. The topological polar surface area (TPSA) is 55.8 Å². The highest BCUT2D eigenvalue weighted by Gasteiger charge is 2.54. The van der Waals surface area contributed by atoms with E-state index in [-0.39, 0.29) is 0 Å². The molecule has 2 aliphatic rings. The lowest BCUT2D eigenvalue weighted by Crippen LogP contribution is -2.21. The first-order chi connectivity index (χ1) is 9.06. The zero-order chi connectivity index (χ0) is 13.6. The van der Waals surface area contributed by atoms with E-state index < -0.39 is 11.4 Å². The molecule has 1 aromatic carbocycles. The van der Waals surface area contributed by atoms with Crippen molar-refractivity contribution in [2.24, 2.45) is 0 Å². The number of rotatable bonds is 2. The van der Waals surface area contributed by atoms with Crippen LogP contribution in [0.15, 0.2) is 10.5 Å². The van der Waals surface area contributed by atoms with Crippen molar-refractivity contribution < 1.29 is 19.4 Å². The lowest BCUT2D eigenvalue weighted by Gasteiger charge is -2.20. The first-order valence-electron chi connectivity index (χ1n) is 6.39. The first kappa shape index (κ1) is 12.8. The molecule has 1 aromatic rings. The van der Waals surface area contributed by atoms with Crippen LogP contribution in [0.25, 0.3) is 0 Å². The third-order valence-corrected chi connectivity index (χ3v) is 4.49. The third kappa shape index (κ3) is 1.91. The Bertz CT molecular complexity index is 549. The Hall–Kier alpha value is -1.23. The molecule has 3 rings (SSSR count). The summed E-state index contributed by atoms with van der Waals surface area (Å²) in [6, 6.07) is 1.84. The van der Waals surface area contributed by atoms with Gasteiger partial charge in [0.2, 0.25) is 0 Å². The van der Waals surface area contributed by atoms with Crippen molar-refractivity contribution in [2.75, 3.05) is 13.2 Å². The molecule has 1 aliphatic carbocycles. The quantitative estimate of drug-likeness (QED) is 0.907. The predicted molar refractivity (Wildman–Crippen MR) is 73.0 cm³/mol. The minimum Gasteiger partial charge on any atom is -0.490 e. The van der Waals surface area contributed by atoms with Crippen molar-refractivity contribution in [3.8, 4) is 11.5 Å². The Morgan fingerprint density at radius 1 is 1.37 bits per heavy atom. The minimum atomic E-state index is -0.759. The van der Waals surface area contributed by atoms with Gasteiger partial charge in [-0.15, -0.1) is 0 Å². The van der Waals surface area contributed by atoms with Crippen LogP contribution >= 0.6 is 15.9 Å². The van der Waals surface area contributed by atoms with Crippen LogP contribution < -0.4 is 9.47 Å². The maximum atomic E-state index is 11.5. The summed E-state index contributed by atoms with van der Waals surface area (Å²) in [5.74, 6) is 0.640. The molecule has 1 heterocycles. The minimum absolute atomic E-state index is 0.606. The maximum absolute atomic E-state index is 11.5. The van der Waals surface area contributed by atoms with Crippen LogP contribution in [0.4, 0.5) is 0 Å². The van der Waals surface area contributed by atoms with Crippen LogP contribution in [-0.4, -0.2) is 24.3 Å². The highest BCUT2D eigenvalue weighted by Crippen LogP contribution is 2.55. The average Bonchev–Trinajstić information content (AvgIpc) is 3.13. The zero-order valence-corrected chi connectivity index (χ0v) is 12.2. The van der Waals surface area contributed by atoms with Crippen molar-refractivity contribution in [2.45, 2.75) is 31.6 Å². The van der Waals surface area contributed by atoms with Gasteiger partial charge in [0.05, 0.1) is 18.6 Å². The van der Waals surface area contributed by atoms with Gasteiger partial charge >= 0.3 is 5.97 Å². The second-order valence-corrected chi connectivity index (χ2v) is 5.98. The summed E-state index contributed by atoms with van der Waals surface area (Å²) in [5.41, 5.74) is 0.976.